The van der Waals surface area contributed by atoms with Gasteiger partial charge in [0.1, 0.15) is 11.5 Å². The van der Waals surface area contributed by atoms with Crippen molar-refractivity contribution in [2.75, 3.05) is 0 Å². The summed E-state index contributed by atoms with van der Waals surface area (Å²) in [5.74, 6) is 1.90. The van der Waals surface area contributed by atoms with Crippen molar-refractivity contribution in [3.63, 3.8) is 0 Å². The zero-order valence-electron chi connectivity index (χ0n) is 17.2. The van der Waals surface area contributed by atoms with Crippen molar-refractivity contribution in [2.45, 2.75) is 26.2 Å². The van der Waals surface area contributed by atoms with Gasteiger partial charge in [-0.25, -0.2) is 15.0 Å². The topological polar surface area (TPSA) is 68.1 Å². The Morgan fingerprint density at radius 3 is 2.43 bits per heavy atom. The fourth-order valence-corrected chi connectivity index (χ4v) is 3.23. The van der Waals surface area contributed by atoms with Crippen LogP contribution in [0, 0.1) is 0 Å². The molecular formula is C25H23N3O2. The van der Waals surface area contributed by atoms with E-state index in [1.165, 1.54) is 0 Å². The third kappa shape index (κ3) is 4.15. The first-order valence-corrected chi connectivity index (χ1v) is 9.77. The second kappa shape index (κ2) is 7.95. The van der Waals surface area contributed by atoms with Gasteiger partial charge >= 0.3 is 0 Å². The van der Waals surface area contributed by atoms with Crippen LogP contribution >= 0.6 is 0 Å². The summed E-state index contributed by atoms with van der Waals surface area (Å²) < 4.78 is 5.83. The number of ether oxygens (including phenoxy) is 1. The molecule has 0 saturated carbocycles. The molecule has 0 spiro atoms. The summed E-state index contributed by atoms with van der Waals surface area (Å²) in [6.07, 6.45) is 3.39. The van der Waals surface area contributed by atoms with E-state index in [-0.39, 0.29) is 11.2 Å². The molecule has 0 unspecified atom stereocenters. The number of phenols is 1. The Bertz CT molecular complexity index is 1170. The van der Waals surface area contributed by atoms with E-state index in [0.29, 0.717) is 23.0 Å². The molecule has 150 valence electrons. The molecule has 5 heteroatoms. The molecule has 4 rings (SSSR count). The number of hydrogen-bond acceptors (Lipinski definition) is 5. The Kier molecular flexibility index (Phi) is 5.19. The fraction of sp³-hybridized carbons (Fsp3) is 0.160. The molecule has 0 aliphatic rings. The number of phenolic OH excluding ortho intramolecular Hbond substituents is 1. The summed E-state index contributed by atoms with van der Waals surface area (Å²) in [5, 5.41) is 10.8. The molecule has 1 N–H and O–H groups in total. The van der Waals surface area contributed by atoms with Crippen molar-refractivity contribution < 1.29 is 9.84 Å². The van der Waals surface area contributed by atoms with E-state index in [0.717, 1.165) is 16.8 Å². The zero-order chi connectivity index (χ0) is 21.1. The molecule has 0 radical (unpaired) electrons. The van der Waals surface area contributed by atoms with Gasteiger partial charge in [-0.3, -0.25) is 0 Å². The van der Waals surface area contributed by atoms with Gasteiger partial charge in [-0.1, -0.05) is 51.1 Å². The number of nitrogens with zero attached hydrogens (tertiary/aromatic N) is 3. The Labute approximate surface area is 176 Å². The third-order valence-electron chi connectivity index (χ3n) is 4.73. The smallest absolute Gasteiger partial charge is 0.219 e. The van der Waals surface area contributed by atoms with Crippen molar-refractivity contribution in [1.82, 2.24) is 15.0 Å². The van der Waals surface area contributed by atoms with E-state index in [1.54, 1.807) is 18.5 Å². The Balaban J connectivity index is 1.69. The lowest BCUT2D eigenvalue weighted by Crippen LogP contribution is -2.11. The SMILES string of the molecule is CC(C)(C)c1cccc(-c2nccc(-c3cccc(Oc4ccccn4)c3)n2)c1O. The summed E-state index contributed by atoms with van der Waals surface area (Å²) in [6.45, 7) is 6.20. The van der Waals surface area contributed by atoms with Gasteiger partial charge in [-0.15, -0.1) is 0 Å². The number of benzene rings is 2. The van der Waals surface area contributed by atoms with E-state index >= 15 is 0 Å². The number of aromatic nitrogens is 3. The van der Waals surface area contributed by atoms with Crippen molar-refractivity contribution in [3.8, 4) is 40.0 Å². The molecule has 0 saturated heterocycles. The molecule has 0 aliphatic carbocycles. The Hall–Kier alpha value is -3.73. The normalized spacial score (nSPS) is 11.3. The van der Waals surface area contributed by atoms with E-state index in [9.17, 15) is 5.11 Å². The Morgan fingerprint density at radius 2 is 1.67 bits per heavy atom. The first-order chi connectivity index (χ1) is 14.4. The zero-order valence-corrected chi connectivity index (χ0v) is 17.2. The number of pyridine rings is 1. The molecule has 0 amide bonds. The second-order valence-corrected chi connectivity index (χ2v) is 8.02. The van der Waals surface area contributed by atoms with Crippen LogP contribution in [-0.2, 0) is 5.41 Å². The third-order valence-corrected chi connectivity index (χ3v) is 4.73. The summed E-state index contributed by atoms with van der Waals surface area (Å²) in [4.78, 5) is 13.3. The van der Waals surface area contributed by atoms with Gasteiger partial charge in [0.05, 0.1) is 11.3 Å². The first-order valence-electron chi connectivity index (χ1n) is 9.77. The monoisotopic (exact) mass is 397 g/mol. The van der Waals surface area contributed by atoms with Crippen LogP contribution in [0.4, 0.5) is 0 Å². The average Bonchev–Trinajstić information content (AvgIpc) is 2.74. The maximum absolute atomic E-state index is 10.8. The summed E-state index contributed by atoms with van der Waals surface area (Å²) in [5.41, 5.74) is 2.92. The van der Waals surface area contributed by atoms with Gasteiger partial charge in [0.2, 0.25) is 5.88 Å². The lowest BCUT2D eigenvalue weighted by molar-refractivity contribution is 0.448. The number of para-hydroxylation sites is 1. The van der Waals surface area contributed by atoms with Gasteiger partial charge in [-0.2, -0.15) is 0 Å². The predicted molar refractivity (Wildman–Crippen MR) is 118 cm³/mol. The van der Waals surface area contributed by atoms with Crippen LogP contribution in [0.25, 0.3) is 22.6 Å². The fourth-order valence-electron chi connectivity index (χ4n) is 3.23. The lowest BCUT2D eigenvalue weighted by Gasteiger charge is -2.21. The van der Waals surface area contributed by atoms with Crippen LogP contribution < -0.4 is 4.74 Å². The molecule has 0 bridgehead atoms. The van der Waals surface area contributed by atoms with Crippen LogP contribution in [-0.4, -0.2) is 20.1 Å². The van der Waals surface area contributed by atoms with E-state index < -0.39 is 0 Å². The molecule has 2 aromatic carbocycles. The van der Waals surface area contributed by atoms with Gasteiger partial charge < -0.3 is 9.84 Å². The summed E-state index contributed by atoms with van der Waals surface area (Å²) >= 11 is 0. The average molecular weight is 397 g/mol. The van der Waals surface area contributed by atoms with Gasteiger partial charge in [0.25, 0.3) is 0 Å². The lowest BCUT2D eigenvalue weighted by atomic mass is 9.85. The molecule has 4 aromatic rings. The molecule has 0 fully saturated rings. The standard InChI is InChI=1S/C25H23N3O2/c1-25(2,3)20-11-7-10-19(23(20)29)24-27-15-13-21(28-24)17-8-6-9-18(16-17)30-22-12-4-5-14-26-22/h4-16,29H,1-3H3. The van der Waals surface area contributed by atoms with Gasteiger partial charge in [0.15, 0.2) is 5.82 Å². The maximum Gasteiger partial charge on any atom is 0.219 e. The molecule has 2 heterocycles. The minimum Gasteiger partial charge on any atom is -0.507 e. The van der Waals surface area contributed by atoms with E-state index in [4.69, 9.17) is 9.72 Å². The van der Waals surface area contributed by atoms with Gasteiger partial charge in [-0.05, 0) is 41.3 Å². The van der Waals surface area contributed by atoms with E-state index in [1.807, 2.05) is 60.7 Å². The highest BCUT2D eigenvalue weighted by Crippen LogP contribution is 2.37. The van der Waals surface area contributed by atoms with E-state index in [2.05, 4.69) is 30.7 Å². The van der Waals surface area contributed by atoms with Crippen LogP contribution in [0.15, 0.2) is 79.1 Å². The molecule has 5 nitrogen and oxygen atoms in total. The second-order valence-electron chi connectivity index (χ2n) is 8.02. The summed E-state index contributed by atoms with van der Waals surface area (Å²) in [7, 11) is 0. The number of hydrogen-bond donors (Lipinski definition) is 1. The molecule has 0 atom stereocenters. The van der Waals surface area contributed by atoms with Gasteiger partial charge in [0, 0.05) is 24.0 Å². The highest BCUT2D eigenvalue weighted by atomic mass is 16.5. The van der Waals surface area contributed by atoms with Crippen molar-refractivity contribution in [2.24, 2.45) is 0 Å². The number of aromatic hydroxyl groups is 1. The molecule has 2 aromatic heterocycles. The summed E-state index contributed by atoms with van der Waals surface area (Å²) in [6, 6.07) is 20.7. The molecular weight excluding hydrogens is 374 g/mol. The highest BCUT2D eigenvalue weighted by Gasteiger charge is 2.21. The van der Waals surface area contributed by atoms with Crippen LogP contribution in [0.2, 0.25) is 0 Å². The largest absolute Gasteiger partial charge is 0.507 e. The number of rotatable bonds is 4. The minimum absolute atomic E-state index is 0.186. The van der Waals surface area contributed by atoms with Crippen LogP contribution in [0.1, 0.15) is 26.3 Å². The van der Waals surface area contributed by atoms with Crippen LogP contribution in [0.5, 0.6) is 17.4 Å². The maximum atomic E-state index is 10.8. The van der Waals surface area contributed by atoms with Crippen LogP contribution in [0.3, 0.4) is 0 Å². The first kappa shape index (κ1) is 19.6. The quantitative estimate of drug-likeness (QED) is 0.457. The van der Waals surface area contributed by atoms with Crippen molar-refractivity contribution in [1.29, 1.82) is 0 Å². The van der Waals surface area contributed by atoms with Crippen molar-refractivity contribution in [3.05, 3.63) is 84.7 Å². The molecule has 30 heavy (non-hydrogen) atoms. The Morgan fingerprint density at radius 1 is 0.833 bits per heavy atom. The predicted octanol–water partition coefficient (Wildman–Crippen LogP) is 6.00. The van der Waals surface area contributed by atoms with Crippen molar-refractivity contribution >= 4 is 0 Å². The minimum atomic E-state index is -0.186. The molecule has 0 aliphatic heterocycles. The highest BCUT2D eigenvalue weighted by molar-refractivity contribution is 5.70.